The normalized spacial score (nSPS) is 15.4. The van der Waals surface area contributed by atoms with Gasteiger partial charge in [0.1, 0.15) is 6.61 Å². The number of aromatic nitrogens is 2. The third kappa shape index (κ3) is 5.95. The Balaban J connectivity index is 1.76. The average Bonchev–Trinajstić information content (AvgIpc) is 3.03. The second-order valence-electron chi connectivity index (χ2n) is 7.22. The zero-order valence-corrected chi connectivity index (χ0v) is 15.4. The minimum Gasteiger partial charge on any atom is -0.473 e. The molecule has 2 aromatic rings. The van der Waals surface area contributed by atoms with Crippen molar-refractivity contribution in [3.63, 3.8) is 0 Å². The van der Waals surface area contributed by atoms with Gasteiger partial charge in [0.25, 0.3) is 5.91 Å². The molecular weight excluding hydrogens is 335 g/mol. The fourth-order valence-electron chi connectivity index (χ4n) is 3.36. The molecule has 8 heteroatoms. The molecular formula is C19H22B3N3O2. The smallest absolute Gasteiger partial charge is 0.270 e. The number of ether oxygens (including phenoxy) is 1. The van der Waals surface area contributed by atoms with Gasteiger partial charge in [0, 0.05) is 12.6 Å². The van der Waals surface area contributed by atoms with Crippen LogP contribution in [-0.4, -0.2) is 44.5 Å². The Morgan fingerprint density at radius 1 is 1.19 bits per heavy atom. The van der Waals surface area contributed by atoms with Crippen molar-refractivity contribution in [1.82, 2.24) is 15.1 Å². The van der Waals surface area contributed by atoms with Crippen LogP contribution < -0.4 is 10.1 Å². The molecule has 1 saturated carbocycles. The summed E-state index contributed by atoms with van der Waals surface area (Å²) in [4.78, 5) is 12.3. The molecule has 1 fully saturated rings. The molecule has 134 valence electrons. The maximum absolute atomic E-state index is 12.3. The first kappa shape index (κ1) is 19.7. The molecule has 0 bridgehead atoms. The van der Waals surface area contributed by atoms with Gasteiger partial charge < -0.3 is 10.1 Å². The van der Waals surface area contributed by atoms with Crippen LogP contribution in [0.2, 0.25) is 0 Å². The molecule has 0 spiro atoms. The standard InChI is InChI=1S/C19H22B3N3O2/c20-19(21,22)23-18(26)16-11-17(27-13-15-9-5-2-6-10-15)25(24-16)12-14-7-3-1-4-8-14/h2,5-6,9-11,14H,1,3-4,7-8,12-13H2,(H,23,26). The summed E-state index contributed by atoms with van der Waals surface area (Å²) in [6, 6.07) is 11.5. The molecule has 1 aliphatic rings. The van der Waals surface area contributed by atoms with Gasteiger partial charge in [-0.05, 0) is 24.3 Å². The van der Waals surface area contributed by atoms with E-state index in [1.54, 1.807) is 10.7 Å². The van der Waals surface area contributed by atoms with Gasteiger partial charge in [-0.3, -0.25) is 4.79 Å². The van der Waals surface area contributed by atoms with Gasteiger partial charge in [-0.2, -0.15) is 5.10 Å². The largest absolute Gasteiger partial charge is 0.473 e. The van der Waals surface area contributed by atoms with E-state index in [0.717, 1.165) is 24.9 Å². The van der Waals surface area contributed by atoms with Crippen molar-refractivity contribution in [2.24, 2.45) is 5.92 Å². The van der Waals surface area contributed by atoms with E-state index in [0.29, 0.717) is 18.4 Å². The van der Waals surface area contributed by atoms with Crippen molar-refractivity contribution in [3.05, 3.63) is 47.7 Å². The van der Waals surface area contributed by atoms with Crippen LogP contribution in [-0.2, 0) is 13.2 Å². The molecule has 1 amide bonds. The summed E-state index contributed by atoms with van der Waals surface area (Å²) in [5, 5.41) is 4.93. The SMILES string of the molecule is [B]C([B])([B])NC(=O)c1cc(OCc2ccccc2)n(CC2CCCCC2)n1. The van der Waals surface area contributed by atoms with E-state index >= 15 is 0 Å². The molecule has 3 rings (SSSR count). The number of hydrogen-bond acceptors (Lipinski definition) is 3. The number of amides is 1. The predicted molar refractivity (Wildman–Crippen MR) is 107 cm³/mol. The maximum Gasteiger partial charge on any atom is 0.270 e. The zero-order chi connectivity index (χ0) is 19.3. The van der Waals surface area contributed by atoms with Crippen LogP contribution in [0.3, 0.4) is 0 Å². The van der Waals surface area contributed by atoms with Crippen LogP contribution in [0.4, 0.5) is 0 Å². The van der Waals surface area contributed by atoms with E-state index in [1.165, 1.54) is 19.3 Å². The molecule has 6 radical (unpaired) electrons. The molecule has 0 atom stereocenters. The van der Waals surface area contributed by atoms with Crippen LogP contribution in [0.1, 0.15) is 48.2 Å². The van der Waals surface area contributed by atoms with Crippen LogP contribution in [0.25, 0.3) is 0 Å². The molecule has 1 aromatic carbocycles. The van der Waals surface area contributed by atoms with Crippen molar-refractivity contribution < 1.29 is 9.53 Å². The lowest BCUT2D eigenvalue weighted by atomic mass is 9.49. The van der Waals surface area contributed by atoms with Gasteiger partial charge in [-0.1, -0.05) is 54.8 Å². The minimum atomic E-state index is -1.80. The number of rotatable bonds is 7. The first-order valence-corrected chi connectivity index (χ1v) is 9.34. The van der Waals surface area contributed by atoms with Crippen molar-refractivity contribution in [2.45, 2.75) is 50.5 Å². The number of hydrogen-bond donors (Lipinski definition) is 1. The van der Waals surface area contributed by atoms with Crippen LogP contribution in [0, 0.1) is 5.92 Å². The Morgan fingerprint density at radius 3 is 2.56 bits per heavy atom. The zero-order valence-electron chi connectivity index (χ0n) is 15.4. The van der Waals surface area contributed by atoms with E-state index in [4.69, 9.17) is 28.3 Å². The molecule has 27 heavy (non-hydrogen) atoms. The Kier molecular flexibility index (Phi) is 6.35. The molecule has 1 aromatic heterocycles. The maximum atomic E-state index is 12.3. The summed E-state index contributed by atoms with van der Waals surface area (Å²) < 4.78 is 7.72. The van der Waals surface area contributed by atoms with Crippen molar-refractivity contribution in [3.8, 4) is 5.88 Å². The highest BCUT2D eigenvalue weighted by Crippen LogP contribution is 2.27. The molecule has 1 N–H and O–H groups in total. The summed E-state index contributed by atoms with van der Waals surface area (Å²) in [6.45, 7) is 1.11. The summed E-state index contributed by atoms with van der Waals surface area (Å²) in [5.41, 5.74) is 1.22. The Hall–Kier alpha value is -2.11. The fourth-order valence-corrected chi connectivity index (χ4v) is 3.36. The lowest BCUT2D eigenvalue weighted by Crippen LogP contribution is -2.50. The Morgan fingerprint density at radius 2 is 1.89 bits per heavy atom. The molecule has 1 aliphatic carbocycles. The van der Waals surface area contributed by atoms with Crippen molar-refractivity contribution >= 4 is 29.4 Å². The Labute approximate surface area is 164 Å². The number of nitrogens with zero attached hydrogens (tertiary/aromatic N) is 2. The van der Waals surface area contributed by atoms with Gasteiger partial charge in [-0.15, -0.1) is 0 Å². The van der Waals surface area contributed by atoms with E-state index in [9.17, 15) is 4.79 Å². The average molecular weight is 357 g/mol. The van der Waals surface area contributed by atoms with E-state index < -0.39 is 11.1 Å². The molecule has 1 heterocycles. The van der Waals surface area contributed by atoms with Crippen LogP contribution in [0.5, 0.6) is 5.88 Å². The molecule has 5 nitrogen and oxygen atoms in total. The predicted octanol–water partition coefficient (Wildman–Crippen LogP) is 1.89. The lowest BCUT2D eigenvalue weighted by molar-refractivity contribution is 0.0946. The van der Waals surface area contributed by atoms with Crippen molar-refractivity contribution in [2.75, 3.05) is 0 Å². The second-order valence-corrected chi connectivity index (χ2v) is 7.22. The van der Waals surface area contributed by atoms with Crippen molar-refractivity contribution in [1.29, 1.82) is 0 Å². The summed E-state index contributed by atoms with van der Waals surface area (Å²) in [5.74, 6) is 0.548. The van der Waals surface area contributed by atoms with Gasteiger partial charge in [0.15, 0.2) is 5.69 Å². The van der Waals surface area contributed by atoms with Crippen LogP contribution in [0.15, 0.2) is 36.4 Å². The van der Waals surface area contributed by atoms with Gasteiger partial charge >= 0.3 is 0 Å². The first-order valence-electron chi connectivity index (χ1n) is 9.34. The van der Waals surface area contributed by atoms with E-state index in [-0.39, 0.29) is 5.69 Å². The number of carbonyl (C=O) groups excluding carboxylic acids is 1. The molecule has 0 saturated heterocycles. The topological polar surface area (TPSA) is 56.1 Å². The highest BCUT2D eigenvalue weighted by Gasteiger charge is 2.22. The highest BCUT2D eigenvalue weighted by atomic mass is 16.5. The minimum absolute atomic E-state index is 0.180. The van der Waals surface area contributed by atoms with Crippen LogP contribution >= 0.6 is 0 Å². The Bertz CT molecular complexity index is 753. The van der Waals surface area contributed by atoms with E-state index in [1.807, 2.05) is 30.3 Å². The monoisotopic (exact) mass is 357 g/mol. The molecule has 0 aliphatic heterocycles. The van der Waals surface area contributed by atoms with E-state index in [2.05, 4.69) is 10.4 Å². The quantitative estimate of drug-likeness (QED) is 0.771. The summed E-state index contributed by atoms with van der Waals surface area (Å²) in [6.07, 6.45) is 6.07. The fraction of sp³-hybridized carbons (Fsp3) is 0.474. The highest BCUT2D eigenvalue weighted by molar-refractivity contribution is 6.60. The third-order valence-electron chi connectivity index (χ3n) is 4.69. The number of carbonyl (C=O) groups is 1. The number of nitrogens with one attached hydrogen (secondary N) is 1. The van der Waals surface area contributed by atoms with Gasteiger partial charge in [0.2, 0.25) is 5.88 Å². The second kappa shape index (κ2) is 8.72. The van der Waals surface area contributed by atoms with Gasteiger partial charge in [0.05, 0.1) is 23.5 Å². The molecule has 0 unspecified atom stereocenters. The summed E-state index contributed by atoms with van der Waals surface area (Å²) >= 11 is 0. The van der Waals surface area contributed by atoms with Gasteiger partial charge in [-0.25, -0.2) is 4.68 Å². The lowest BCUT2D eigenvalue weighted by Gasteiger charge is -2.22. The summed E-state index contributed by atoms with van der Waals surface area (Å²) in [7, 11) is 16.4. The third-order valence-corrected chi connectivity index (χ3v) is 4.69. The number of benzene rings is 1. The first-order chi connectivity index (χ1) is 12.9.